The SMILES string of the molecule is CC1(C)Nc2cc(F)c(-c3coc4ccccc34)cc2C2(C)CCOC12. The van der Waals surface area contributed by atoms with Crippen molar-refractivity contribution in [1.82, 2.24) is 0 Å². The monoisotopic (exact) mass is 351 g/mol. The Morgan fingerprint density at radius 1 is 1.12 bits per heavy atom. The van der Waals surface area contributed by atoms with E-state index in [2.05, 4.69) is 26.1 Å². The molecule has 1 N–H and O–H groups in total. The molecule has 0 spiro atoms. The number of para-hydroxylation sites is 1. The van der Waals surface area contributed by atoms with Crippen molar-refractivity contribution >= 4 is 16.7 Å². The van der Waals surface area contributed by atoms with Crippen LogP contribution in [0.25, 0.3) is 22.1 Å². The molecule has 0 radical (unpaired) electrons. The number of hydrogen-bond acceptors (Lipinski definition) is 3. The maximum Gasteiger partial charge on any atom is 0.134 e. The first-order valence-corrected chi connectivity index (χ1v) is 9.10. The van der Waals surface area contributed by atoms with Crippen LogP contribution in [0, 0.1) is 5.82 Å². The van der Waals surface area contributed by atoms with Crippen molar-refractivity contribution in [3.8, 4) is 11.1 Å². The predicted molar refractivity (Wildman–Crippen MR) is 101 cm³/mol. The van der Waals surface area contributed by atoms with Crippen LogP contribution in [0.1, 0.15) is 32.8 Å². The molecule has 2 atom stereocenters. The lowest BCUT2D eigenvalue weighted by atomic mass is 9.66. The van der Waals surface area contributed by atoms with Gasteiger partial charge >= 0.3 is 0 Å². The topological polar surface area (TPSA) is 34.4 Å². The Morgan fingerprint density at radius 2 is 1.92 bits per heavy atom. The first kappa shape index (κ1) is 15.9. The molecular formula is C22H22FNO2. The Balaban J connectivity index is 1.74. The zero-order valence-corrected chi connectivity index (χ0v) is 15.2. The third kappa shape index (κ3) is 2.02. The maximum atomic E-state index is 15.1. The van der Waals surface area contributed by atoms with Gasteiger partial charge in [0.1, 0.15) is 11.4 Å². The molecule has 3 aromatic rings. The summed E-state index contributed by atoms with van der Waals surface area (Å²) in [7, 11) is 0. The molecule has 26 heavy (non-hydrogen) atoms. The summed E-state index contributed by atoms with van der Waals surface area (Å²) in [5.74, 6) is -0.237. The van der Waals surface area contributed by atoms with Gasteiger partial charge in [0, 0.05) is 34.2 Å². The van der Waals surface area contributed by atoms with Crippen LogP contribution in [0.5, 0.6) is 0 Å². The highest BCUT2D eigenvalue weighted by molar-refractivity contribution is 5.94. The van der Waals surface area contributed by atoms with Crippen LogP contribution in [-0.2, 0) is 10.2 Å². The van der Waals surface area contributed by atoms with Crippen molar-refractivity contribution in [2.75, 3.05) is 11.9 Å². The second-order valence-electron chi connectivity index (χ2n) is 8.29. The summed E-state index contributed by atoms with van der Waals surface area (Å²) < 4.78 is 26.8. The molecule has 1 fully saturated rings. The van der Waals surface area contributed by atoms with E-state index in [0.29, 0.717) is 5.56 Å². The van der Waals surface area contributed by atoms with Gasteiger partial charge in [-0.05, 0) is 44.0 Å². The lowest BCUT2D eigenvalue weighted by Crippen LogP contribution is -2.56. The standard InChI is InChI=1S/C22H22FNO2/c1-21(2)20-22(3,8-9-25-20)16-10-14(17(23)11-18(16)24-21)15-12-26-19-7-5-4-6-13(15)19/h4-7,10-12,20,24H,8-9H2,1-3H3. The molecule has 1 aromatic heterocycles. The van der Waals surface area contributed by atoms with E-state index < -0.39 is 0 Å². The first-order valence-electron chi connectivity index (χ1n) is 9.10. The summed E-state index contributed by atoms with van der Waals surface area (Å²) >= 11 is 0. The third-order valence-electron chi connectivity index (χ3n) is 6.09. The largest absolute Gasteiger partial charge is 0.464 e. The van der Waals surface area contributed by atoms with Crippen molar-refractivity contribution in [1.29, 1.82) is 0 Å². The molecule has 2 aliphatic heterocycles. The van der Waals surface area contributed by atoms with Crippen LogP contribution in [0.2, 0.25) is 0 Å². The zero-order valence-electron chi connectivity index (χ0n) is 15.2. The van der Waals surface area contributed by atoms with E-state index in [0.717, 1.165) is 40.8 Å². The molecule has 3 heterocycles. The van der Waals surface area contributed by atoms with Gasteiger partial charge in [0.2, 0.25) is 0 Å². The van der Waals surface area contributed by atoms with Gasteiger partial charge in [0.05, 0.1) is 17.9 Å². The number of fused-ring (bicyclic) bond motifs is 4. The van der Waals surface area contributed by atoms with Gasteiger partial charge in [-0.15, -0.1) is 0 Å². The van der Waals surface area contributed by atoms with Crippen molar-refractivity contribution in [3.05, 3.63) is 54.0 Å². The van der Waals surface area contributed by atoms with Crippen LogP contribution in [-0.4, -0.2) is 18.2 Å². The fourth-order valence-electron chi connectivity index (χ4n) is 4.94. The average Bonchev–Trinajstić information content (AvgIpc) is 3.19. The Bertz CT molecular complexity index is 1020. The normalized spacial score (nSPS) is 26.4. The van der Waals surface area contributed by atoms with E-state index in [1.54, 1.807) is 12.3 Å². The number of hydrogen-bond donors (Lipinski definition) is 1. The minimum Gasteiger partial charge on any atom is -0.464 e. The summed E-state index contributed by atoms with van der Waals surface area (Å²) in [6.07, 6.45) is 2.65. The van der Waals surface area contributed by atoms with Crippen molar-refractivity contribution in [2.24, 2.45) is 0 Å². The van der Waals surface area contributed by atoms with Crippen LogP contribution < -0.4 is 5.32 Å². The van der Waals surface area contributed by atoms with Gasteiger partial charge in [0.25, 0.3) is 0 Å². The minimum atomic E-state index is -0.242. The molecular weight excluding hydrogens is 329 g/mol. The summed E-state index contributed by atoms with van der Waals surface area (Å²) in [4.78, 5) is 0. The average molecular weight is 351 g/mol. The maximum absolute atomic E-state index is 15.1. The van der Waals surface area contributed by atoms with Crippen LogP contribution in [0.3, 0.4) is 0 Å². The molecule has 134 valence electrons. The number of halogens is 1. The Morgan fingerprint density at radius 3 is 2.77 bits per heavy atom. The fraction of sp³-hybridized carbons (Fsp3) is 0.364. The quantitative estimate of drug-likeness (QED) is 0.629. The zero-order chi connectivity index (χ0) is 18.1. The highest BCUT2D eigenvalue weighted by Gasteiger charge is 2.53. The molecule has 1 saturated heterocycles. The number of benzene rings is 2. The second kappa shape index (κ2) is 5.10. The van der Waals surface area contributed by atoms with Gasteiger partial charge in [-0.25, -0.2) is 4.39 Å². The molecule has 0 bridgehead atoms. The van der Waals surface area contributed by atoms with E-state index in [4.69, 9.17) is 9.15 Å². The molecule has 2 aliphatic rings. The molecule has 0 aliphatic carbocycles. The Kier molecular flexibility index (Phi) is 3.12. The van der Waals surface area contributed by atoms with Crippen molar-refractivity contribution in [3.63, 3.8) is 0 Å². The number of rotatable bonds is 1. The smallest absolute Gasteiger partial charge is 0.134 e. The minimum absolute atomic E-state index is 0.0573. The van der Waals surface area contributed by atoms with E-state index in [9.17, 15) is 0 Å². The van der Waals surface area contributed by atoms with E-state index in [1.807, 2.05) is 30.3 Å². The van der Waals surface area contributed by atoms with Crippen LogP contribution in [0.4, 0.5) is 10.1 Å². The lowest BCUT2D eigenvalue weighted by Gasteiger charge is -2.48. The van der Waals surface area contributed by atoms with E-state index in [1.165, 1.54) is 0 Å². The number of anilines is 1. The molecule has 5 rings (SSSR count). The molecule has 4 heteroatoms. The van der Waals surface area contributed by atoms with Crippen LogP contribution >= 0.6 is 0 Å². The lowest BCUT2D eigenvalue weighted by molar-refractivity contribution is 0.0352. The number of ether oxygens (including phenoxy) is 1. The van der Waals surface area contributed by atoms with Crippen LogP contribution in [0.15, 0.2) is 47.1 Å². The van der Waals surface area contributed by atoms with E-state index in [-0.39, 0.29) is 22.9 Å². The fourth-order valence-corrected chi connectivity index (χ4v) is 4.94. The van der Waals surface area contributed by atoms with Gasteiger partial charge < -0.3 is 14.5 Å². The second-order valence-corrected chi connectivity index (χ2v) is 8.29. The summed E-state index contributed by atoms with van der Waals surface area (Å²) in [6.45, 7) is 7.22. The molecule has 2 unspecified atom stereocenters. The summed E-state index contributed by atoms with van der Waals surface area (Å²) in [6, 6.07) is 11.4. The Labute approximate surface area is 152 Å². The highest BCUT2D eigenvalue weighted by Crippen LogP contribution is 2.51. The third-order valence-corrected chi connectivity index (χ3v) is 6.09. The van der Waals surface area contributed by atoms with Gasteiger partial charge in [-0.2, -0.15) is 0 Å². The summed E-state index contributed by atoms with van der Waals surface area (Å²) in [5.41, 5.74) is 3.77. The highest BCUT2D eigenvalue weighted by atomic mass is 19.1. The molecule has 3 nitrogen and oxygen atoms in total. The predicted octanol–water partition coefficient (Wildman–Crippen LogP) is 5.49. The van der Waals surface area contributed by atoms with Gasteiger partial charge in [-0.1, -0.05) is 25.1 Å². The Hall–Kier alpha value is -2.33. The van der Waals surface area contributed by atoms with Gasteiger partial charge in [-0.3, -0.25) is 0 Å². The first-order chi connectivity index (χ1) is 12.4. The van der Waals surface area contributed by atoms with E-state index >= 15 is 4.39 Å². The molecule has 0 saturated carbocycles. The molecule has 2 aromatic carbocycles. The van der Waals surface area contributed by atoms with Crippen molar-refractivity contribution in [2.45, 2.75) is 44.2 Å². The molecule has 0 amide bonds. The van der Waals surface area contributed by atoms with Gasteiger partial charge in [0.15, 0.2) is 0 Å². The number of nitrogens with one attached hydrogen (secondary N) is 1. The number of furan rings is 1. The summed E-state index contributed by atoms with van der Waals surface area (Å²) in [5, 5.41) is 4.43. The van der Waals surface area contributed by atoms with Crippen molar-refractivity contribution < 1.29 is 13.5 Å².